The number of H-pyrrole nitrogens is 1. The first-order chi connectivity index (χ1) is 8.00. The van der Waals surface area contributed by atoms with Gasteiger partial charge in [0.05, 0.1) is 21.1 Å². The predicted molar refractivity (Wildman–Crippen MR) is 72.8 cm³/mol. The summed E-state index contributed by atoms with van der Waals surface area (Å²) in [6.07, 6.45) is 0.921. The van der Waals surface area contributed by atoms with Crippen molar-refractivity contribution in [1.82, 2.24) is 9.97 Å². The second-order valence-corrected chi connectivity index (χ2v) is 5.30. The van der Waals surface area contributed by atoms with E-state index in [1.807, 2.05) is 0 Å². The summed E-state index contributed by atoms with van der Waals surface area (Å²) in [7, 11) is 0. The molecule has 0 aliphatic heterocycles. The Balaban J connectivity index is 2.58. The number of aromatic nitrogens is 2. The molecule has 5 heteroatoms. The van der Waals surface area contributed by atoms with E-state index in [4.69, 9.17) is 28.9 Å². The highest BCUT2D eigenvalue weighted by molar-refractivity contribution is 6.42. The summed E-state index contributed by atoms with van der Waals surface area (Å²) in [5.41, 5.74) is 7.39. The van der Waals surface area contributed by atoms with E-state index in [0.717, 1.165) is 23.3 Å². The fourth-order valence-corrected chi connectivity index (χ4v) is 2.02. The van der Waals surface area contributed by atoms with E-state index in [1.165, 1.54) is 0 Å². The van der Waals surface area contributed by atoms with Crippen molar-refractivity contribution in [2.45, 2.75) is 25.7 Å². The average molecular weight is 272 g/mol. The number of nitrogens with zero attached hydrogens (tertiary/aromatic N) is 1. The highest BCUT2D eigenvalue weighted by atomic mass is 35.5. The topological polar surface area (TPSA) is 54.7 Å². The Morgan fingerprint density at radius 1 is 1.35 bits per heavy atom. The zero-order chi connectivity index (χ0) is 12.6. The minimum Gasteiger partial charge on any atom is -0.341 e. The third-order valence-electron chi connectivity index (χ3n) is 3.33. The molecule has 0 aliphatic rings. The molecule has 0 saturated carbocycles. The number of nitrogens with one attached hydrogen (secondary N) is 1. The van der Waals surface area contributed by atoms with Crippen molar-refractivity contribution in [3.05, 3.63) is 28.0 Å². The Morgan fingerprint density at radius 2 is 2.00 bits per heavy atom. The zero-order valence-corrected chi connectivity index (χ0v) is 11.4. The largest absolute Gasteiger partial charge is 0.341 e. The second-order valence-electron chi connectivity index (χ2n) is 4.49. The monoisotopic (exact) mass is 271 g/mol. The molecule has 0 aliphatic carbocycles. The number of halogens is 2. The van der Waals surface area contributed by atoms with Crippen molar-refractivity contribution >= 4 is 34.2 Å². The van der Waals surface area contributed by atoms with Crippen molar-refractivity contribution < 1.29 is 0 Å². The molecule has 0 saturated heterocycles. The van der Waals surface area contributed by atoms with Gasteiger partial charge in [0.15, 0.2) is 0 Å². The molecule has 0 fully saturated rings. The van der Waals surface area contributed by atoms with E-state index in [0.29, 0.717) is 16.6 Å². The average Bonchev–Trinajstić information content (AvgIpc) is 2.72. The van der Waals surface area contributed by atoms with Crippen LogP contribution in [0.1, 0.15) is 26.1 Å². The van der Waals surface area contributed by atoms with Gasteiger partial charge in [-0.3, -0.25) is 0 Å². The van der Waals surface area contributed by atoms with E-state index in [2.05, 4.69) is 23.8 Å². The molecule has 0 bridgehead atoms. The van der Waals surface area contributed by atoms with E-state index in [1.54, 1.807) is 12.1 Å². The van der Waals surface area contributed by atoms with Crippen LogP contribution >= 0.6 is 23.2 Å². The SMILES string of the molecule is CCC(C)(CN)c1nc2cc(Cl)c(Cl)cc2[nH]1. The van der Waals surface area contributed by atoms with Gasteiger partial charge in [-0.25, -0.2) is 4.98 Å². The maximum Gasteiger partial charge on any atom is 0.114 e. The Hall–Kier alpha value is -0.770. The molecule has 2 rings (SSSR count). The molecule has 1 atom stereocenters. The summed E-state index contributed by atoms with van der Waals surface area (Å²) < 4.78 is 0. The highest BCUT2D eigenvalue weighted by Crippen LogP contribution is 2.30. The van der Waals surface area contributed by atoms with Crippen LogP contribution in [0.2, 0.25) is 10.0 Å². The van der Waals surface area contributed by atoms with E-state index in [-0.39, 0.29) is 5.41 Å². The van der Waals surface area contributed by atoms with Crippen LogP contribution in [0, 0.1) is 0 Å². The van der Waals surface area contributed by atoms with Gasteiger partial charge in [-0.1, -0.05) is 37.0 Å². The van der Waals surface area contributed by atoms with E-state index in [9.17, 15) is 0 Å². The highest BCUT2D eigenvalue weighted by Gasteiger charge is 2.26. The molecule has 1 aromatic heterocycles. The van der Waals surface area contributed by atoms with Crippen molar-refractivity contribution in [2.75, 3.05) is 6.54 Å². The summed E-state index contributed by atoms with van der Waals surface area (Å²) in [5.74, 6) is 0.885. The molecule has 92 valence electrons. The quantitative estimate of drug-likeness (QED) is 0.898. The van der Waals surface area contributed by atoms with Gasteiger partial charge in [-0.15, -0.1) is 0 Å². The van der Waals surface area contributed by atoms with Crippen molar-refractivity contribution in [3.8, 4) is 0 Å². The number of rotatable bonds is 3. The number of benzene rings is 1. The third-order valence-corrected chi connectivity index (χ3v) is 4.05. The summed E-state index contributed by atoms with van der Waals surface area (Å²) in [6.45, 7) is 4.73. The number of nitrogens with two attached hydrogens (primary N) is 1. The Kier molecular flexibility index (Phi) is 3.34. The van der Waals surface area contributed by atoms with E-state index >= 15 is 0 Å². The minimum absolute atomic E-state index is 0.141. The summed E-state index contributed by atoms with van der Waals surface area (Å²) >= 11 is 11.9. The molecule has 2 aromatic rings. The molecule has 17 heavy (non-hydrogen) atoms. The predicted octanol–water partition coefficient (Wildman–Crippen LogP) is 3.50. The molecule has 1 aromatic carbocycles. The van der Waals surface area contributed by atoms with Gasteiger partial charge in [0.1, 0.15) is 5.82 Å². The number of fused-ring (bicyclic) bond motifs is 1. The summed E-state index contributed by atoms with van der Waals surface area (Å²) in [5, 5.41) is 1.04. The number of imidazole rings is 1. The molecule has 1 heterocycles. The Bertz CT molecular complexity index is 505. The molecule has 3 nitrogen and oxygen atoms in total. The molecule has 0 radical (unpaired) electrons. The van der Waals surface area contributed by atoms with Gasteiger partial charge >= 0.3 is 0 Å². The Morgan fingerprint density at radius 3 is 2.59 bits per heavy atom. The molecule has 1 unspecified atom stereocenters. The van der Waals surface area contributed by atoms with Gasteiger partial charge < -0.3 is 10.7 Å². The molecular weight excluding hydrogens is 257 g/mol. The van der Waals surface area contributed by atoms with Crippen molar-refractivity contribution in [3.63, 3.8) is 0 Å². The van der Waals surface area contributed by atoms with Crippen LogP contribution in [-0.2, 0) is 5.41 Å². The minimum atomic E-state index is -0.141. The lowest BCUT2D eigenvalue weighted by molar-refractivity contribution is 0.443. The lowest BCUT2D eigenvalue weighted by Gasteiger charge is -2.23. The molecular formula is C12H15Cl2N3. The maximum absolute atomic E-state index is 5.97. The lowest BCUT2D eigenvalue weighted by atomic mass is 9.87. The third kappa shape index (κ3) is 2.15. The zero-order valence-electron chi connectivity index (χ0n) is 9.85. The van der Waals surface area contributed by atoms with Crippen LogP contribution in [0.4, 0.5) is 0 Å². The van der Waals surface area contributed by atoms with Crippen LogP contribution < -0.4 is 5.73 Å². The standard InChI is InChI=1S/C12H15Cl2N3/c1-3-12(2,6-15)11-16-9-4-7(13)8(14)5-10(9)17-11/h4-5H,3,6,15H2,1-2H3,(H,16,17). The van der Waals surface area contributed by atoms with Crippen LogP contribution in [0.25, 0.3) is 11.0 Å². The molecule has 0 spiro atoms. The maximum atomic E-state index is 5.97. The first-order valence-electron chi connectivity index (χ1n) is 5.55. The van der Waals surface area contributed by atoms with Gasteiger partial charge in [-0.05, 0) is 18.6 Å². The normalized spacial score (nSPS) is 15.1. The molecule has 3 N–H and O–H groups in total. The van der Waals surface area contributed by atoms with Gasteiger partial charge in [-0.2, -0.15) is 0 Å². The van der Waals surface area contributed by atoms with Crippen LogP contribution in [0.15, 0.2) is 12.1 Å². The van der Waals surface area contributed by atoms with Gasteiger partial charge in [0, 0.05) is 12.0 Å². The first kappa shape index (κ1) is 12.7. The van der Waals surface area contributed by atoms with Crippen molar-refractivity contribution in [2.24, 2.45) is 5.73 Å². The van der Waals surface area contributed by atoms with Crippen molar-refractivity contribution in [1.29, 1.82) is 0 Å². The van der Waals surface area contributed by atoms with E-state index < -0.39 is 0 Å². The molecule has 0 amide bonds. The summed E-state index contributed by atoms with van der Waals surface area (Å²) in [4.78, 5) is 7.82. The van der Waals surface area contributed by atoms with Gasteiger partial charge in [0.2, 0.25) is 0 Å². The van der Waals surface area contributed by atoms with Crippen LogP contribution in [-0.4, -0.2) is 16.5 Å². The number of aromatic amines is 1. The second kappa shape index (κ2) is 4.48. The summed E-state index contributed by atoms with van der Waals surface area (Å²) in [6, 6.07) is 3.56. The first-order valence-corrected chi connectivity index (χ1v) is 6.31. The lowest BCUT2D eigenvalue weighted by Crippen LogP contribution is -2.32. The number of hydrogen-bond acceptors (Lipinski definition) is 2. The fraction of sp³-hybridized carbons (Fsp3) is 0.417. The smallest absolute Gasteiger partial charge is 0.114 e. The van der Waals surface area contributed by atoms with Gasteiger partial charge in [0.25, 0.3) is 0 Å². The van der Waals surface area contributed by atoms with Crippen LogP contribution in [0.5, 0.6) is 0 Å². The Labute approximate surface area is 110 Å². The fourth-order valence-electron chi connectivity index (χ4n) is 1.70. The van der Waals surface area contributed by atoms with Crippen LogP contribution in [0.3, 0.4) is 0 Å². The number of hydrogen-bond donors (Lipinski definition) is 2.